The van der Waals surface area contributed by atoms with Crippen LogP contribution in [0.5, 0.6) is 5.75 Å². The Bertz CT molecular complexity index is 1400. The van der Waals surface area contributed by atoms with Crippen LogP contribution in [0.4, 0.5) is 5.69 Å². The number of hydrogen-bond acceptors (Lipinski definition) is 5. The van der Waals surface area contributed by atoms with Gasteiger partial charge in [0.1, 0.15) is 18.3 Å². The van der Waals surface area contributed by atoms with Crippen molar-refractivity contribution in [3.05, 3.63) is 88.4 Å². The molecule has 40 heavy (non-hydrogen) atoms. The third-order valence-corrected chi connectivity index (χ3v) is 8.90. The summed E-state index contributed by atoms with van der Waals surface area (Å²) in [4.78, 5) is 28.3. The van der Waals surface area contributed by atoms with E-state index in [0.29, 0.717) is 12.3 Å². The fourth-order valence-electron chi connectivity index (χ4n) is 3.96. The van der Waals surface area contributed by atoms with Crippen molar-refractivity contribution in [2.75, 3.05) is 24.5 Å². The highest BCUT2D eigenvalue weighted by Crippen LogP contribution is 2.35. The highest BCUT2D eigenvalue weighted by molar-refractivity contribution is 7.92. The van der Waals surface area contributed by atoms with Gasteiger partial charge in [-0.25, -0.2) is 8.42 Å². The summed E-state index contributed by atoms with van der Waals surface area (Å²) in [7, 11) is -2.69. The van der Waals surface area contributed by atoms with Crippen LogP contribution >= 0.6 is 23.2 Å². The molecular weight excluding hydrogens is 573 g/mol. The molecule has 0 aliphatic rings. The molecule has 0 saturated carbocycles. The standard InChI is InChI=1S/C29H33Cl2N3O5S/c1-4-5-18-32-29(36)21(2)33(19-22-14-16-23(39-3)17-15-22)27(35)20-34(26-13-9-12-25(30)28(26)31)40(37,38)24-10-7-6-8-11-24/h6-17,21H,4-5,18-20H2,1-3H3,(H,32,36)/t21-/m1/s1. The first-order valence-electron chi connectivity index (χ1n) is 12.8. The topological polar surface area (TPSA) is 96.0 Å². The van der Waals surface area contributed by atoms with Gasteiger partial charge in [0, 0.05) is 13.1 Å². The molecule has 11 heteroatoms. The Kier molecular flexibility index (Phi) is 11.2. The molecule has 0 unspecified atom stereocenters. The molecule has 0 bridgehead atoms. The quantitative estimate of drug-likeness (QED) is 0.258. The maximum absolute atomic E-state index is 13.9. The van der Waals surface area contributed by atoms with Crippen molar-refractivity contribution >= 4 is 50.7 Å². The zero-order valence-corrected chi connectivity index (χ0v) is 25.0. The summed E-state index contributed by atoms with van der Waals surface area (Å²) in [5.41, 5.74) is 0.788. The van der Waals surface area contributed by atoms with E-state index >= 15 is 0 Å². The molecule has 1 N–H and O–H groups in total. The van der Waals surface area contributed by atoms with E-state index in [4.69, 9.17) is 27.9 Å². The Morgan fingerprint density at radius 2 is 1.65 bits per heavy atom. The number of benzene rings is 3. The Hall–Kier alpha value is -3.27. The van der Waals surface area contributed by atoms with Gasteiger partial charge in [0.25, 0.3) is 10.0 Å². The van der Waals surface area contributed by atoms with Crippen LogP contribution in [-0.2, 0) is 26.2 Å². The van der Waals surface area contributed by atoms with Gasteiger partial charge in [-0.3, -0.25) is 13.9 Å². The van der Waals surface area contributed by atoms with Gasteiger partial charge in [0.2, 0.25) is 11.8 Å². The molecule has 0 saturated heterocycles. The number of rotatable bonds is 13. The summed E-state index contributed by atoms with van der Waals surface area (Å²) in [6, 6.07) is 18.5. The minimum atomic E-state index is -4.24. The van der Waals surface area contributed by atoms with Crippen LogP contribution in [0.25, 0.3) is 0 Å². The largest absolute Gasteiger partial charge is 0.497 e. The first-order valence-corrected chi connectivity index (χ1v) is 15.0. The average Bonchev–Trinajstić information content (AvgIpc) is 2.96. The third kappa shape index (κ3) is 7.68. The molecule has 3 rings (SSSR count). The summed E-state index contributed by atoms with van der Waals surface area (Å²) in [6.07, 6.45) is 1.69. The molecule has 214 valence electrons. The number of ether oxygens (including phenoxy) is 1. The van der Waals surface area contributed by atoms with Crippen molar-refractivity contribution in [2.24, 2.45) is 0 Å². The molecule has 0 aliphatic heterocycles. The molecule has 0 spiro atoms. The van der Waals surface area contributed by atoms with Gasteiger partial charge in [-0.1, -0.05) is 72.9 Å². The van der Waals surface area contributed by atoms with E-state index in [1.165, 1.54) is 29.2 Å². The zero-order chi connectivity index (χ0) is 29.3. The summed E-state index contributed by atoms with van der Waals surface area (Å²) < 4.78 is 33.8. The summed E-state index contributed by atoms with van der Waals surface area (Å²) in [6.45, 7) is 3.55. The fourth-order valence-corrected chi connectivity index (χ4v) is 5.86. The van der Waals surface area contributed by atoms with Crippen LogP contribution in [0, 0.1) is 0 Å². The minimum absolute atomic E-state index is 0.0106. The predicted molar refractivity (Wildman–Crippen MR) is 158 cm³/mol. The average molecular weight is 607 g/mol. The second-order valence-corrected chi connectivity index (χ2v) is 11.7. The number of sulfonamides is 1. The van der Waals surface area contributed by atoms with Crippen molar-refractivity contribution in [1.82, 2.24) is 10.2 Å². The third-order valence-electron chi connectivity index (χ3n) is 6.32. The van der Waals surface area contributed by atoms with Crippen molar-refractivity contribution in [1.29, 1.82) is 0 Å². The number of nitrogens with one attached hydrogen (secondary N) is 1. The Morgan fingerprint density at radius 3 is 2.27 bits per heavy atom. The molecule has 3 aromatic rings. The van der Waals surface area contributed by atoms with Crippen molar-refractivity contribution in [2.45, 2.75) is 44.2 Å². The van der Waals surface area contributed by atoms with Gasteiger partial charge in [-0.15, -0.1) is 0 Å². The van der Waals surface area contributed by atoms with Crippen LogP contribution in [0.2, 0.25) is 10.0 Å². The number of methoxy groups -OCH3 is 1. The van der Waals surface area contributed by atoms with Crippen molar-refractivity contribution in [3.8, 4) is 5.75 Å². The van der Waals surface area contributed by atoms with E-state index in [9.17, 15) is 18.0 Å². The normalized spacial score (nSPS) is 11.9. The minimum Gasteiger partial charge on any atom is -0.497 e. The molecule has 8 nitrogen and oxygen atoms in total. The van der Waals surface area contributed by atoms with Gasteiger partial charge < -0.3 is 15.0 Å². The first-order chi connectivity index (χ1) is 19.1. The number of carbonyl (C=O) groups excluding carboxylic acids is 2. The lowest BCUT2D eigenvalue weighted by Crippen LogP contribution is -2.51. The molecule has 3 aromatic carbocycles. The Labute approximate surface area is 245 Å². The predicted octanol–water partition coefficient (Wildman–Crippen LogP) is 5.53. The Balaban J connectivity index is 2.02. The van der Waals surface area contributed by atoms with E-state index in [-0.39, 0.29) is 33.1 Å². The van der Waals surface area contributed by atoms with Gasteiger partial charge in [0.15, 0.2) is 0 Å². The van der Waals surface area contributed by atoms with Crippen LogP contribution in [-0.4, -0.2) is 51.4 Å². The number of unbranched alkanes of at least 4 members (excludes halogenated alkanes) is 1. The molecule has 0 aliphatic carbocycles. The Morgan fingerprint density at radius 1 is 0.975 bits per heavy atom. The molecule has 0 heterocycles. The van der Waals surface area contributed by atoms with Crippen molar-refractivity contribution < 1.29 is 22.7 Å². The molecule has 2 amide bonds. The molecular formula is C29H33Cl2N3O5S. The van der Waals surface area contributed by atoms with Gasteiger partial charge in [-0.2, -0.15) is 0 Å². The number of anilines is 1. The molecule has 0 radical (unpaired) electrons. The maximum atomic E-state index is 13.9. The number of carbonyl (C=O) groups is 2. The number of hydrogen-bond donors (Lipinski definition) is 1. The van der Waals surface area contributed by atoms with E-state index in [0.717, 1.165) is 22.7 Å². The summed E-state index contributed by atoms with van der Waals surface area (Å²) >= 11 is 12.7. The highest BCUT2D eigenvalue weighted by Gasteiger charge is 2.33. The lowest BCUT2D eigenvalue weighted by Gasteiger charge is -2.32. The van der Waals surface area contributed by atoms with Crippen molar-refractivity contribution in [3.63, 3.8) is 0 Å². The lowest BCUT2D eigenvalue weighted by molar-refractivity contribution is -0.139. The van der Waals surface area contributed by atoms with Crippen LogP contribution in [0.1, 0.15) is 32.3 Å². The van der Waals surface area contributed by atoms with Gasteiger partial charge in [-0.05, 0) is 55.3 Å². The second kappa shape index (κ2) is 14.4. The van der Waals surface area contributed by atoms with Gasteiger partial charge >= 0.3 is 0 Å². The van der Waals surface area contributed by atoms with Crippen LogP contribution < -0.4 is 14.4 Å². The maximum Gasteiger partial charge on any atom is 0.264 e. The SMILES string of the molecule is CCCCNC(=O)[C@@H](C)N(Cc1ccc(OC)cc1)C(=O)CN(c1cccc(Cl)c1Cl)S(=O)(=O)c1ccccc1. The molecule has 0 fully saturated rings. The molecule has 0 aromatic heterocycles. The van der Waals surface area contributed by atoms with E-state index in [1.807, 2.05) is 6.92 Å². The number of nitrogens with zero attached hydrogens (tertiary/aromatic N) is 2. The monoisotopic (exact) mass is 605 g/mol. The molecule has 1 atom stereocenters. The number of amides is 2. The highest BCUT2D eigenvalue weighted by atomic mass is 35.5. The summed E-state index contributed by atoms with van der Waals surface area (Å²) in [5, 5.41) is 2.98. The summed E-state index contributed by atoms with van der Waals surface area (Å²) in [5.74, 6) is -0.291. The first kappa shape index (κ1) is 31.3. The lowest BCUT2D eigenvalue weighted by atomic mass is 10.1. The van der Waals surface area contributed by atoms with E-state index < -0.39 is 28.5 Å². The fraction of sp³-hybridized carbons (Fsp3) is 0.310. The second-order valence-electron chi connectivity index (χ2n) is 9.09. The van der Waals surface area contributed by atoms with E-state index in [2.05, 4.69) is 5.32 Å². The van der Waals surface area contributed by atoms with Crippen LogP contribution in [0.3, 0.4) is 0 Å². The van der Waals surface area contributed by atoms with E-state index in [1.54, 1.807) is 62.6 Å². The smallest absolute Gasteiger partial charge is 0.264 e. The van der Waals surface area contributed by atoms with Crippen LogP contribution in [0.15, 0.2) is 77.7 Å². The zero-order valence-electron chi connectivity index (χ0n) is 22.6. The number of halogens is 2. The van der Waals surface area contributed by atoms with Gasteiger partial charge in [0.05, 0.1) is 27.7 Å².